The predicted octanol–water partition coefficient (Wildman–Crippen LogP) is 4.00. The molecule has 0 saturated heterocycles. The topological polar surface area (TPSA) is 32.3 Å². The van der Waals surface area contributed by atoms with E-state index in [1.165, 1.54) is 22.3 Å². The van der Waals surface area contributed by atoms with E-state index in [4.69, 9.17) is 0 Å². The molecule has 0 fully saturated rings. The maximum Gasteiger partial charge on any atom is 0.0626 e. The largest absolute Gasteiger partial charge is 0.394 e. The highest BCUT2D eigenvalue weighted by atomic mass is 16.3. The number of nitrogens with one attached hydrogen (secondary N) is 1. The van der Waals surface area contributed by atoms with Crippen LogP contribution in [-0.4, -0.2) is 11.7 Å². The number of aliphatic hydroxyl groups is 1. The molecule has 0 aliphatic heterocycles. The van der Waals surface area contributed by atoms with Crippen molar-refractivity contribution in [2.24, 2.45) is 0 Å². The molecule has 21 heavy (non-hydrogen) atoms. The van der Waals surface area contributed by atoms with Gasteiger partial charge in [-0.3, -0.25) is 0 Å². The zero-order valence-electron chi connectivity index (χ0n) is 13.4. The van der Waals surface area contributed by atoms with E-state index in [1.54, 1.807) is 0 Å². The van der Waals surface area contributed by atoms with Gasteiger partial charge in [0, 0.05) is 6.04 Å². The summed E-state index contributed by atoms with van der Waals surface area (Å²) < 4.78 is 0. The van der Waals surface area contributed by atoms with Crippen LogP contribution in [0.5, 0.6) is 0 Å². The van der Waals surface area contributed by atoms with Crippen molar-refractivity contribution in [2.75, 3.05) is 6.61 Å². The lowest BCUT2D eigenvalue weighted by atomic mass is 9.94. The predicted molar refractivity (Wildman–Crippen MR) is 88.5 cm³/mol. The minimum Gasteiger partial charge on any atom is -0.394 e. The molecule has 0 heterocycles. The minimum atomic E-state index is -0.0405. The van der Waals surface area contributed by atoms with Crippen molar-refractivity contribution in [2.45, 2.75) is 39.8 Å². The summed E-state index contributed by atoms with van der Waals surface area (Å²) in [6.45, 7) is 8.70. The van der Waals surface area contributed by atoms with Crippen LogP contribution >= 0.6 is 0 Å². The van der Waals surface area contributed by atoms with E-state index in [-0.39, 0.29) is 18.7 Å². The van der Waals surface area contributed by atoms with Gasteiger partial charge in [-0.2, -0.15) is 0 Å². The van der Waals surface area contributed by atoms with Gasteiger partial charge in [-0.1, -0.05) is 48.0 Å². The van der Waals surface area contributed by atoms with Crippen LogP contribution in [0, 0.1) is 20.8 Å². The van der Waals surface area contributed by atoms with E-state index in [1.807, 2.05) is 18.2 Å². The summed E-state index contributed by atoms with van der Waals surface area (Å²) in [6.07, 6.45) is 0. The summed E-state index contributed by atoms with van der Waals surface area (Å²) in [4.78, 5) is 0. The molecule has 0 aliphatic carbocycles. The molecule has 0 bridgehead atoms. The average molecular weight is 283 g/mol. The number of rotatable bonds is 5. The molecular weight excluding hydrogens is 258 g/mol. The maximum absolute atomic E-state index is 9.70. The molecule has 0 aromatic heterocycles. The van der Waals surface area contributed by atoms with Gasteiger partial charge in [-0.25, -0.2) is 0 Å². The molecule has 2 rings (SSSR count). The van der Waals surface area contributed by atoms with E-state index in [0.29, 0.717) is 0 Å². The van der Waals surface area contributed by atoms with E-state index in [0.717, 1.165) is 5.56 Å². The normalized spacial score (nSPS) is 14.0. The summed E-state index contributed by atoms with van der Waals surface area (Å²) in [5.74, 6) is 0. The number of hydrogen-bond acceptors (Lipinski definition) is 2. The Morgan fingerprint density at radius 3 is 2.10 bits per heavy atom. The van der Waals surface area contributed by atoms with Crippen molar-refractivity contribution in [3.05, 3.63) is 70.3 Å². The second-order valence-electron chi connectivity index (χ2n) is 5.85. The molecule has 0 spiro atoms. The quantitative estimate of drug-likeness (QED) is 0.869. The van der Waals surface area contributed by atoms with Crippen LogP contribution in [-0.2, 0) is 0 Å². The summed E-state index contributed by atoms with van der Waals surface area (Å²) in [6, 6.07) is 14.7. The van der Waals surface area contributed by atoms with Crippen molar-refractivity contribution in [1.82, 2.24) is 5.32 Å². The monoisotopic (exact) mass is 283 g/mol. The molecule has 2 N–H and O–H groups in total. The maximum atomic E-state index is 9.70. The van der Waals surface area contributed by atoms with Crippen molar-refractivity contribution in [1.29, 1.82) is 0 Å². The average Bonchev–Trinajstić information content (AvgIpc) is 2.44. The first-order valence-electron chi connectivity index (χ1n) is 7.52. The van der Waals surface area contributed by atoms with Gasteiger partial charge in [-0.05, 0) is 49.9 Å². The number of aryl methyl sites for hydroxylation is 3. The Bertz CT molecular complexity index is 569. The minimum absolute atomic E-state index is 0.0405. The molecule has 0 aliphatic rings. The van der Waals surface area contributed by atoms with Crippen molar-refractivity contribution < 1.29 is 5.11 Å². The van der Waals surface area contributed by atoms with Gasteiger partial charge in [0.25, 0.3) is 0 Å². The van der Waals surface area contributed by atoms with Crippen LogP contribution in [0.4, 0.5) is 0 Å². The third kappa shape index (κ3) is 3.72. The molecule has 0 radical (unpaired) electrons. The third-order valence-corrected chi connectivity index (χ3v) is 4.01. The Morgan fingerprint density at radius 1 is 1.00 bits per heavy atom. The molecule has 0 saturated carbocycles. The highest BCUT2D eigenvalue weighted by Crippen LogP contribution is 2.26. The highest BCUT2D eigenvalue weighted by Gasteiger charge is 2.17. The summed E-state index contributed by atoms with van der Waals surface area (Å²) in [5, 5.41) is 13.2. The van der Waals surface area contributed by atoms with Crippen LogP contribution in [0.3, 0.4) is 0 Å². The zero-order valence-corrected chi connectivity index (χ0v) is 13.4. The Balaban J connectivity index is 2.23. The number of hydrogen-bond donors (Lipinski definition) is 2. The highest BCUT2D eigenvalue weighted by molar-refractivity contribution is 5.39. The number of aliphatic hydroxyl groups excluding tert-OH is 1. The fourth-order valence-electron chi connectivity index (χ4n) is 3.20. The molecule has 0 amide bonds. The fourth-order valence-corrected chi connectivity index (χ4v) is 3.20. The first-order chi connectivity index (χ1) is 10.0. The van der Waals surface area contributed by atoms with Gasteiger partial charge >= 0.3 is 0 Å². The van der Waals surface area contributed by atoms with Gasteiger partial charge < -0.3 is 10.4 Å². The third-order valence-electron chi connectivity index (χ3n) is 4.01. The first kappa shape index (κ1) is 15.7. The molecule has 2 atom stereocenters. The van der Waals surface area contributed by atoms with Gasteiger partial charge in [-0.15, -0.1) is 0 Å². The SMILES string of the molecule is Cc1cc(C)c(C(C)N[C@@H](CO)c2ccccc2)c(C)c1. The van der Waals surface area contributed by atoms with Crippen LogP contribution < -0.4 is 5.32 Å². The molecular formula is C19H25NO. The Morgan fingerprint density at radius 2 is 1.57 bits per heavy atom. The summed E-state index contributed by atoms with van der Waals surface area (Å²) in [7, 11) is 0. The van der Waals surface area contributed by atoms with Crippen LogP contribution in [0.1, 0.15) is 46.8 Å². The second kappa shape index (κ2) is 6.88. The van der Waals surface area contributed by atoms with Gasteiger partial charge in [0.05, 0.1) is 12.6 Å². The Labute approximate surface area is 127 Å². The first-order valence-corrected chi connectivity index (χ1v) is 7.52. The van der Waals surface area contributed by atoms with Crippen LogP contribution in [0.25, 0.3) is 0 Å². The molecule has 2 nitrogen and oxygen atoms in total. The zero-order chi connectivity index (χ0) is 15.4. The Hall–Kier alpha value is -1.64. The summed E-state index contributed by atoms with van der Waals surface area (Å²) >= 11 is 0. The molecule has 2 heteroatoms. The second-order valence-corrected chi connectivity index (χ2v) is 5.85. The Kier molecular flexibility index (Phi) is 5.16. The molecule has 1 unspecified atom stereocenters. The lowest BCUT2D eigenvalue weighted by Crippen LogP contribution is -2.28. The standard InChI is InChI=1S/C19H25NO/c1-13-10-14(2)19(15(3)11-13)16(4)20-18(12-21)17-8-6-5-7-9-17/h5-11,16,18,20-21H,12H2,1-4H3/t16?,18-/m0/s1. The number of benzene rings is 2. The van der Waals surface area contributed by atoms with Crippen LogP contribution in [0.15, 0.2) is 42.5 Å². The fraction of sp³-hybridized carbons (Fsp3) is 0.368. The lowest BCUT2D eigenvalue weighted by molar-refractivity contribution is 0.235. The smallest absolute Gasteiger partial charge is 0.0626 e. The summed E-state index contributed by atoms with van der Waals surface area (Å²) in [5.41, 5.74) is 6.35. The van der Waals surface area contributed by atoms with E-state index in [2.05, 4.69) is 57.3 Å². The van der Waals surface area contributed by atoms with E-state index < -0.39 is 0 Å². The van der Waals surface area contributed by atoms with Gasteiger partial charge in [0.15, 0.2) is 0 Å². The van der Waals surface area contributed by atoms with E-state index in [9.17, 15) is 5.11 Å². The van der Waals surface area contributed by atoms with E-state index >= 15 is 0 Å². The molecule has 112 valence electrons. The lowest BCUT2D eigenvalue weighted by Gasteiger charge is -2.25. The van der Waals surface area contributed by atoms with Crippen LogP contribution in [0.2, 0.25) is 0 Å². The van der Waals surface area contributed by atoms with Gasteiger partial charge in [0.1, 0.15) is 0 Å². The van der Waals surface area contributed by atoms with Crippen molar-refractivity contribution in [3.8, 4) is 0 Å². The molecule has 2 aromatic carbocycles. The molecule has 2 aromatic rings. The van der Waals surface area contributed by atoms with Crippen molar-refractivity contribution in [3.63, 3.8) is 0 Å². The van der Waals surface area contributed by atoms with Gasteiger partial charge in [0.2, 0.25) is 0 Å². The van der Waals surface area contributed by atoms with Crippen molar-refractivity contribution >= 4 is 0 Å².